The Morgan fingerprint density at radius 2 is 2.23 bits per heavy atom. The summed E-state index contributed by atoms with van der Waals surface area (Å²) in [7, 11) is 1.67. The van der Waals surface area contributed by atoms with Crippen molar-refractivity contribution >= 4 is 11.6 Å². The zero-order valence-corrected chi connectivity index (χ0v) is 8.60. The van der Waals surface area contributed by atoms with Crippen LogP contribution in [-0.2, 0) is 6.42 Å². The van der Waals surface area contributed by atoms with Gasteiger partial charge in [0.15, 0.2) is 0 Å². The van der Waals surface area contributed by atoms with Crippen molar-refractivity contribution in [3.05, 3.63) is 35.7 Å². The van der Waals surface area contributed by atoms with Crippen LogP contribution >= 0.6 is 11.6 Å². The molecule has 1 rings (SSSR count). The summed E-state index contributed by atoms with van der Waals surface area (Å²) in [6, 6.07) is 5.72. The van der Waals surface area contributed by atoms with Crippen LogP contribution in [0, 0.1) is 6.92 Å². The molecule has 0 N–H and O–H groups in total. The lowest BCUT2D eigenvalue weighted by atomic mass is 10.1. The zero-order chi connectivity index (χ0) is 9.68. The monoisotopic (exact) mass is 197 g/mol. The SMILES string of the molecule is [CH2]CCCc1c(Cl)cccc1OC. The lowest BCUT2D eigenvalue weighted by Gasteiger charge is -2.09. The molecule has 0 amide bonds. The second-order valence-electron chi connectivity index (χ2n) is 2.88. The number of ether oxygens (including phenoxy) is 1. The molecular weight excluding hydrogens is 184 g/mol. The van der Waals surface area contributed by atoms with Gasteiger partial charge in [-0.25, -0.2) is 0 Å². The molecule has 0 saturated heterocycles. The first-order valence-corrected chi connectivity index (χ1v) is 4.78. The van der Waals surface area contributed by atoms with Crippen LogP contribution in [0.5, 0.6) is 5.75 Å². The summed E-state index contributed by atoms with van der Waals surface area (Å²) >= 11 is 6.04. The molecule has 0 atom stereocenters. The van der Waals surface area contributed by atoms with Gasteiger partial charge in [-0.1, -0.05) is 31.0 Å². The van der Waals surface area contributed by atoms with Crippen molar-refractivity contribution < 1.29 is 4.74 Å². The van der Waals surface area contributed by atoms with Crippen molar-refractivity contribution in [2.24, 2.45) is 0 Å². The lowest BCUT2D eigenvalue weighted by Crippen LogP contribution is -1.93. The quantitative estimate of drug-likeness (QED) is 0.718. The van der Waals surface area contributed by atoms with Crippen molar-refractivity contribution in [1.82, 2.24) is 0 Å². The van der Waals surface area contributed by atoms with Gasteiger partial charge in [-0.2, -0.15) is 0 Å². The fourth-order valence-electron chi connectivity index (χ4n) is 1.27. The number of hydrogen-bond acceptors (Lipinski definition) is 1. The summed E-state index contributed by atoms with van der Waals surface area (Å²) in [5.41, 5.74) is 1.09. The Balaban J connectivity index is 2.87. The van der Waals surface area contributed by atoms with Gasteiger partial charge in [-0.15, -0.1) is 0 Å². The van der Waals surface area contributed by atoms with Gasteiger partial charge >= 0.3 is 0 Å². The number of rotatable bonds is 4. The predicted molar refractivity (Wildman–Crippen MR) is 56.3 cm³/mol. The minimum absolute atomic E-state index is 0.785. The first-order valence-electron chi connectivity index (χ1n) is 4.40. The normalized spacial score (nSPS) is 10.1. The van der Waals surface area contributed by atoms with Gasteiger partial charge in [-0.05, 0) is 25.0 Å². The van der Waals surface area contributed by atoms with Gasteiger partial charge in [-0.3, -0.25) is 0 Å². The van der Waals surface area contributed by atoms with E-state index in [2.05, 4.69) is 6.92 Å². The third kappa shape index (κ3) is 2.63. The van der Waals surface area contributed by atoms with Crippen LogP contribution in [0.3, 0.4) is 0 Å². The Labute approximate surface area is 84.7 Å². The summed E-state index contributed by atoms with van der Waals surface area (Å²) in [5, 5.41) is 0.785. The van der Waals surface area contributed by atoms with E-state index in [1.807, 2.05) is 18.2 Å². The van der Waals surface area contributed by atoms with Crippen LogP contribution in [0.25, 0.3) is 0 Å². The first kappa shape index (κ1) is 10.4. The fraction of sp³-hybridized carbons (Fsp3) is 0.364. The van der Waals surface area contributed by atoms with Crippen molar-refractivity contribution in [1.29, 1.82) is 0 Å². The van der Waals surface area contributed by atoms with Crippen LogP contribution in [0.1, 0.15) is 18.4 Å². The summed E-state index contributed by atoms with van der Waals surface area (Å²) < 4.78 is 5.22. The first-order chi connectivity index (χ1) is 6.29. The summed E-state index contributed by atoms with van der Waals surface area (Å²) in [6.45, 7) is 3.80. The molecule has 1 nitrogen and oxygen atoms in total. The van der Waals surface area contributed by atoms with E-state index >= 15 is 0 Å². The van der Waals surface area contributed by atoms with Gasteiger partial charge in [0.2, 0.25) is 0 Å². The Morgan fingerprint density at radius 1 is 1.46 bits per heavy atom. The zero-order valence-electron chi connectivity index (χ0n) is 7.85. The van der Waals surface area contributed by atoms with E-state index in [9.17, 15) is 0 Å². The standard InChI is InChI=1S/C11H14ClO/c1-3-4-6-9-10(12)7-5-8-11(9)13-2/h5,7-8H,1,3-4,6H2,2H3. The number of hydrogen-bond donors (Lipinski definition) is 0. The van der Waals surface area contributed by atoms with E-state index in [4.69, 9.17) is 16.3 Å². The molecule has 2 heteroatoms. The second kappa shape index (κ2) is 5.13. The molecule has 0 spiro atoms. The molecule has 13 heavy (non-hydrogen) atoms. The molecular formula is C11H14ClO. The maximum Gasteiger partial charge on any atom is 0.123 e. The molecule has 1 radical (unpaired) electrons. The van der Waals surface area contributed by atoms with Crippen LogP contribution in [0.2, 0.25) is 5.02 Å². The molecule has 0 aliphatic rings. The molecule has 0 aromatic heterocycles. The van der Waals surface area contributed by atoms with E-state index in [0.717, 1.165) is 35.6 Å². The molecule has 0 heterocycles. The highest BCUT2D eigenvalue weighted by Gasteiger charge is 2.05. The number of halogens is 1. The minimum atomic E-state index is 0.785. The van der Waals surface area contributed by atoms with E-state index < -0.39 is 0 Å². The molecule has 0 aliphatic carbocycles. The van der Waals surface area contributed by atoms with Gasteiger partial charge < -0.3 is 4.74 Å². The van der Waals surface area contributed by atoms with Crippen molar-refractivity contribution in [2.75, 3.05) is 7.11 Å². The van der Waals surface area contributed by atoms with Gasteiger partial charge in [0.25, 0.3) is 0 Å². The molecule has 1 aromatic carbocycles. The van der Waals surface area contributed by atoms with E-state index in [0.29, 0.717) is 0 Å². The summed E-state index contributed by atoms with van der Waals surface area (Å²) in [4.78, 5) is 0. The van der Waals surface area contributed by atoms with Gasteiger partial charge in [0.05, 0.1) is 7.11 Å². The minimum Gasteiger partial charge on any atom is -0.496 e. The molecule has 0 unspecified atom stereocenters. The maximum atomic E-state index is 6.04. The van der Waals surface area contributed by atoms with Crippen LogP contribution in [0.4, 0.5) is 0 Å². The highest BCUT2D eigenvalue weighted by atomic mass is 35.5. The third-order valence-corrected chi connectivity index (χ3v) is 2.33. The van der Waals surface area contributed by atoms with Crippen LogP contribution in [0.15, 0.2) is 18.2 Å². The third-order valence-electron chi connectivity index (χ3n) is 1.97. The highest BCUT2D eigenvalue weighted by molar-refractivity contribution is 6.31. The highest BCUT2D eigenvalue weighted by Crippen LogP contribution is 2.27. The predicted octanol–water partition coefficient (Wildman–Crippen LogP) is 3.51. The molecule has 71 valence electrons. The van der Waals surface area contributed by atoms with Crippen molar-refractivity contribution in [2.45, 2.75) is 19.3 Å². The molecule has 0 fully saturated rings. The smallest absolute Gasteiger partial charge is 0.123 e. The Morgan fingerprint density at radius 3 is 2.85 bits per heavy atom. The van der Waals surface area contributed by atoms with Crippen molar-refractivity contribution in [3.63, 3.8) is 0 Å². The molecule has 0 bridgehead atoms. The molecule has 0 saturated carbocycles. The fourth-order valence-corrected chi connectivity index (χ4v) is 1.53. The average molecular weight is 198 g/mol. The van der Waals surface area contributed by atoms with E-state index in [1.54, 1.807) is 7.11 Å². The summed E-state index contributed by atoms with van der Waals surface area (Å²) in [6.07, 6.45) is 2.90. The Hall–Kier alpha value is -0.690. The lowest BCUT2D eigenvalue weighted by molar-refractivity contribution is 0.409. The largest absolute Gasteiger partial charge is 0.496 e. The average Bonchev–Trinajstić information content (AvgIpc) is 2.15. The molecule has 1 aromatic rings. The topological polar surface area (TPSA) is 9.23 Å². The van der Waals surface area contributed by atoms with Crippen molar-refractivity contribution in [3.8, 4) is 5.75 Å². The second-order valence-corrected chi connectivity index (χ2v) is 3.28. The van der Waals surface area contributed by atoms with Crippen LogP contribution in [-0.4, -0.2) is 7.11 Å². The van der Waals surface area contributed by atoms with Crippen LogP contribution < -0.4 is 4.74 Å². The number of benzene rings is 1. The maximum absolute atomic E-state index is 6.04. The van der Waals surface area contributed by atoms with E-state index in [-0.39, 0.29) is 0 Å². The number of unbranched alkanes of at least 4 members (excludes halogenated alkanes) is 1. The van der Waals surface area contributed by atoms with Gasteiger partial charge in [0.1, 0.15) is 5.75 Å². The number of methoxy groups -OCH3 is 1. The summed E-state index contributed by atoms with van der Waals surface area (Å²) in [5.74, 6) is 0.876. The Bertz CT molecular complexity index is 271. The Kier molecular flexibility index (Phi) is 4.10. The molecule has 0 aliphatic heterocycles. The van der Waals surface area contributed by atoms with E-state index in [1.165, 1.54) is 0 Å². The van der Waals surface area contributed by atoms with Gasteiger partial charge in [0, 0.05) is 10.6 Å².